The molecule has 1 fully saturated rings. The maximum atomic E-state index is 12.9. The van der Waals surface area contributed by atoms with Crippen LogP contribution in [0.15, 0.2) is 36.7 Å². The van der Waals surface area contributed by atoms with Crippen LogP contribution in [-0.4, -0.2) is 34.3 Å². The Bertz CT molecular complexity index is 1020. The first-order chi connectivity index (χ1) is 14.6. The van der Waals surface area contributed by atoms with Crippen LogP contribution in [0.3, 0.4) is 0 Å². The lowest BCUT2D eigenvalue weighted by atomic mass is 9.77. The molecule has 1 aromatic carbocycles. The number of nitrogens with one attached hydrogen (secondary N) is 1. The predicted octanol–water partition coefficient (Wildman–Crippen LogP) is 3.54. The summed E-state index contributed by atoms with van der Waals surface area (Å²) < 4.78 is 38.6. The minimum Gasteiger partial charge on any atom is -0.369 e. The second-order valence-corrected chi connectivity index (χ2v) is 8.38. The molecule has 1 unspecified atom stereocenters. The van der Waals surface area contributed by atoms with E-state index < -0.39 is 17.6 Å². The number of fused-ring (bicyclic) bond motifs is 1. The molecule has 1 atom stereocenters. The molecule has 1 aliphatic carbocycles. The van der Waals surface area contributed by atoms with Crippen molar-refractivity contribution >= 4 is 17.5 Å². The summed E-state index contributed by atoms with van der Waals surface area (Å²) in [5.74, 6) is -0.558. The van der Waals surface area contributed by atoms with Gasteiger partial charge in [0.2, 0.25) is 5.91 Å². The van der Waals surface area contributed by atoms with Gasteiger partial charge in [-0.15, -0.1) is 0 Å². The maximum Gasteiger partial charge on any atom is 0.417 e. The van der Waals surface area contributed by atoms with Crippen molar-refractivity contribution in [2.75, 3.05) is 11.9 Å². The molecule has 0 radical (unpaired) electrons. The molecule has 0 bridgehead atoms. The lowest BCUT2D eigenvalue weighted by Crippen LogP contribution is -2.50. The van der Waals surface area contributed by atoms with Gasteiger partial charge in [-0.1, -0.05) is 13.0 Å². The standard InChI is InChI=1S/C22H23F3N4O2/c1-12-10-29(18-5-14(6-18)20(26)30)11-15-4-13(2-3-19(12)15)21(31)28-17-7-16(8-27-9-17)22(23,24)25/h2-4,7-9,12,14,18H,5-6,10-11H2,1H3,(H2,26,30)(H,28,31)/t12?,14-,18+. The summed E-state index contributed by atoms with van der Waals surface area (Å²) in [7, 11) is 0. The minimum atomic E-state index is -4.53. The lowest BCUT2D eigenvalue weighted by molar-refractivity contribution is -0.137. The van der Waals surface area contributed by atoms with Crippen LogP contribution in [0.5, 0.6) is 0 Å². The third kappa shape index (κ3) is 4.41. The number of pyridine rings is 1. The highest BCUT2D eigenvalue weighted by atomic mass is 19.4. The number of carbonyl (C=O) groups is 2. The average Bonchev–Trinajstić information content (AvgIpc) is 2.65. The van der Waals surface area contributed by atoms with Crippen LogP contribution in [0, 0.1) is 5.92 Å². The minimum absolute atomic E-state index is 0.0144. The van der Waals surface area contributed by atoms with Crippen LogP contribution in [0.4, 0.5) is 18.9 Å². The van der Waals surface area contributed by atoms with E-state index in [1.54, 1.807) is 12.1 Å². The molecule has 31 heavy (non-hydrogen) atoms. The smallest absolute Gasteiger partial charge is 0.369 e. The highest BCUT2D eigenvalue weighted by Crippen LogP contribution is 2.37. The SMILES string of the molecule is CC1CN([C@H]2C[C@@H](C(N)=O)C2)Cc2cc(C(=O)Nc3cncc(C(F)(F)F)c3)ccc21. The van der Waals surface area contributed by atoms with E-state index in [0.717, 1.165) is 36.6 Å². The first-order valence-electron chi connectivity index (χ1n) is 10.1. The number of benzene rings is 1. The van der Waals surface area contributed by atoms with Crippen molar-refractivity contribution in [2.45, 2.75) is 44.4 Å². The van der Waals surface area contributed by atoms with Gasteiger partial charge in [0.1, 0.15) is 0 Å². The molecular formula is C22H23F3N4O2. The van der Waals surface area contributed by atoms with Gasteiger partial charge in [0.25, 0.3) is 5.91 Å². The fraction of sp³-hybridized carbons (Fsp3) is 0.409. The first-order valence-corrected chi connectivity index (χ1v) is 10.1. The number of alkyl halides is 3. The predicted molar refractivity (Wildman–Crippen MR) is 108 cm³/mol. The van der Waals surface area contributed by atoms with Crippen molar-refractivity contribution in [3.8, 4) is 0 Å². The molecule has 4 rings (SSSR count). The summed E-state index contributed by atoms with van der Waals surface area (Å²) in [6.07, 6.45) is -1.14. The van der Waals surface area contributed by atoms with Crippen molar-refractivity contribution in [3.63, 3.8) is 0 Å². The van der Waals surface area contributed by atoms with E-state index >= 15 is 0 Å². The molecule has 0 spiro atoms. The highest BCUT2D eigenvalue weighted by Gasteiger charge is 2.39. The Kier molecular flexibility index (Phi) is 5.47. The number of amides is 2. The Hall–Kier alpha value is -2.94. The number of nitrogens with two attached hydrogens (primary N) is 1. The van der Waals surface area contributed by atoms with Crippen LogP contribution in [0.1, 0.15) is 52.7 Å². The first kappa shape index (κ1) is 21.3. The van der Waals surface area contributed by atoms with Crippen LogP contribution in [-0.2, 0) is 17.5 Å². The third-order valence-electron chi connectivity index (χ3n) is 6.17. The summed E-state index contributed by atoms with van der Waals surface area (Å²) in [5.41, 5.74) is 6.97. The van der Waals surface area contributed by atoms with Gasteiger partial charge >= 0.3 is 6.18 Å². The van der Waals surface area contributed by atoms with Gasteiger partial charge in [0.15, 0.2) is 0 Å². The maximum absolute atomic E-state index is 12.9. The number of rotatable bonds is 4. The molecule has 6 nitrogen and oxygen atoms in total. The quantitative estimate of drug-likeness (QED) is 0.774. The largest absolute Gasteiger partial charge is 0.417 e. The number of halogens is 3. The summed E-state index contributed by atoms with van der Waals surface area (Å²) in [6.45, 7) is 3.63. The van der Waals surface area contributed by atoms with Gasteiger partial charge in [0, 0.05) is 36.8 Å². The van der Waals surface area contributed by atoms with E-state index in [2.05, 4.69) is 22.1 Å². The second-order valence-electron chi connectivity index (χ2n) is 8.38. The highest BCUT2D eigenvalue weighted by molar-refractivity contribution is 6.04. The zero-order chi connectivity index (χ0) is 22.3. The molecule has 2 aromatic rings. The van der Waals surface area contributed by atoms with Crippen molar-refractivity contribution in [3.05, 3.63) is 58.9 Å². The number of hydrogen-bond acceptors (Lipinski definition) is 4. The normalized spacial score (nSPS) is 23.5. The Morgan fingerprint density at radius 3 is 2.61 bits per heavy atom. The Labute approximate surface area is 177 Å². The van der Waals surface area contributed by atoms with E-state index in [9.17, 15) is 22.8 Å². The summed E-state index contributed by atoms with van der Waals surface area (Å²) >= 11 is 0. The molecule has 164 valence electrons. The Morgan fingerprint density at radius 2 is 1.94 bits per heavy atom. The zero-order valence-corrected chi connectivity index (χ0v) is 16.9. The zero-order valence-electron chi connectivity index (χ0n) is 16.9. The van der Waals surface area contributed by atoms with Crippen molar-refractivity contribution in [1.29, 1.82) is 0 Å². The number of carbonyl (C=O) groups excluding carboxylic acids is 2. The van der Waals surface area contributed by atoms with Gasteiger partial charge in [-0.05, 0) is 48.1 Å². The molecule has 9 heteroatoms. The third-order valence-corrected chi connectivity index (χ3v) is 6.17. The van der Waals surface area contributed by atoms with E-state index in [1.807, 2.05) is 6.07 Å². The van der Waals surface area contributed by atoms with Gasteiger partial charge in [0.05, 0.1) is 17.4 Å². The van der Waals surface area contributed by atoms with Crippen LogP contribution in [0.25, 0.3) is 0 Å². The summed E-state index contributed by atoms with van der Waals surface area (Å²) in [5, 5.41) is 2.50. The number of primary amides is 1. The molecule has 1 saturated carbocycles. The topological polar surface area (TPSA) is 88.3 Å². The molecular weight excluding hydrogens is 409 g/mol. The lowest BCUT2D eigenvalue weighted by Gasteiger charge is -2.45. The number of aromatic nitrogens is 1. The van der Waals surface area contributed by atoms with Crippen LogP contribution < -0.4 is 11.1 Å². The van der Waals surface area contributed by atoms with E-state index in [1.165, 1.54) is 6.20 Å². The number of nitrogens with zero attached hydrogens (tertiary/aromatic N) is 2. The van der Waals surface area contributed by atoms with Crippen LogP contribution in [0.2, 0.25) is 0 Å². The number of anilines is 1. The van der Waals surface area contributed by atoms with Gasteiger partial charge in [-0.25, -0.2) is 0 Å². The Morgan fingerprint density at radius 1 is 1.19 bits per heavy atom. The molecule has 3 N–H and O–H groups in total. The number of hydrogen-bond donors (Lipinski definition) is 2. The molecule has 2 amide bonds. The summed E-state index contributed by atoms with van der Waals surface area (Å²) in [6, 6.07) is 6.54. The van der Waals surface area contributed by atoms with E-state index in [0.29, 0.717) is 24.3 Å². The second kappa shape index (κ2) is 7.96. The molecule has 1 aliphatic heterocycles. The van der Waals surface area contributed by atoms with Crippen molar-refractivity contribution < 1.29 is 22.8 Å². The van der Waals surface area contributed by atoms with Gasteiger partial charge < -0.3 is 11.1 Å². The van der Waals surface area contributed by atoms with Crippen LogP contribution >= 0.6 is 0 Å². The monoisotopic (exact) mass is 432 g/mol. The van der Waals surface area contributed by atoms with Crippen molar-refractivity contribution in [2.24, 2.45) is 11.7 Å². The average molecular weight is 432 g/mol. The molecule has 2 heterocycles. The fourth-order valence-corrected chi connectivity index (χ4v) is 4.36. The summed E-state index contributed by atoms with van der Waals surface area (Å²) in [4.78, 5) is 29.8. The van der Waals surface area contributed by atoms with E-state index in [4.69, 9.17) is 5.73 Å². The molecule has 2 aliphatic rings. The molecule has 0 saturated heterocycles. The molecule has 1 aromatic heterocycles. The fourth-order valence-electron chi connectivity index (χ4n) is 4.36. The Balaban J connectivity index is 1.48. The van der Waals surface area contributed by atoms with Gasteiger partial charge in [-0.3, -0.25) is 19.5 Å². The van der Waals surface area contributed by atoms with Gasteiger partial charge in [-0.2, -0.15) is 13.2 Å². The van der Waals surface area contributed by atoms with Crippen molar-refractivity contribution in [1.82, 2.24) is 9.88 Å². The van der Waals surface area contributed by atoms with E-state index in [-0.39, 0.29) is 23.4 Å².